The number of benzene rings is 1. The quantitative estimate of drug-likeness (QED) is 0.516. The van der Waals surface area contributed by atoms with Gasteiger partial charge in [-0.15, -0.1) is 0 Å². The smallest absolute Gasteiger partial charge is 0.0159 e. The summed E-state index contributed by atoms with van der Waals surface area (Å²) in [5.74, 6) is 6.16. The van der Waals surface area contributed by atoms with E-state index < -0.39 is 0 Å². The van der Waals surface area contributed by atoms with Crippen molar-refractivity contribution in [1.29, 1.82) is 0 Å². The van der Waals surface area contributed by atoms with E-state index in [9.17, 15) is 0 Å². The van der Waals surface area contributed by atoms with Crippen LogP contribution in [0.4, 0.5) is 0 Å². The largest absolute Gasteiger partial charge is 0.0654 e. The minimum Gasteiger partial charge on any atom is -0.0654 e. The topological polar surface area (TPSA) is 0 Å². The first-order chi connectivity index (χ1) is 12.7. The van der Waals surface area contributed by atoms with Gasteiger partial charge in [0.1, 0.15) is 0 Å². The molecule has 3 fully saturated rings. The van der Waals surface area contributed by atoms with Crippen LogP contribution in [0.2, 0.25) is 0 Å². The van der Waals surface area contributed by atoms with Crippen LogP contribution in [0.3, 0.4) is 0 Å². The molecule has 0 amide bonds. The SMILES string of the molecule is CCCC1CCC(C2CCC3CC(c4ccc(C)cc4)CCC3C2)CC1. The summed E-state index contributed by atoms with van der Waals surface area (Å²) in [5.41, 5.74) is 3.02. The van der Waals surface area contributed by atoms with Gasteiger partial charge < -0.3 is 0 Å². The van der Waals surface area contributed by atoms with Crippen LogP contribution in [0.15, 0.2) is 24.3 Å². The molecule has 1 aromatic rings. The van der Waals surface area contributed by atoms with Gasteiger partial charge in [0.25, 0.3) is 0 Å². The highest BCUT2D eigenvalue weighted by atomic mass is 14.4. The number of rotatable bonds is 4. The first-order valence-corrected chi connectivity index (χ1v) is 11.8. The first kappa shape index (κ1) is 18.6. The van der Waals surface area contributed by atoms with Crippen molar-refractivity contribution in [1.82, 2.24) is 0 Å². The summed E-state index contributed by atoms with van der Waals surface area (Å²) in [7, 11) is 0. The Labute approximate surface area is 162 Å². The van der Waals surface area contributed by atoms with Crippen molar-refractivity contribution in [2.75, 3.05) is 0 Å². The molecule has 0 aliphatic heterocycles. The van der Waals surface area contributed by atoms with E-state index in [2.05, 4.69) is 38.1 Å². The maximum atomic E-state index is 2.40. The monoisotopic (exact) mass is 352 g/mol. The first-order valence-electron chi connectivity index (χ1n) is 11.8. The second-order valence-corrected chi connectivity index (χ2v) is 10.1. The van der Waals surface area contributed by atoms with Crippen LogP contribution in [0.1, 0.15) is 101 Å². The molecule has 0 spiro atoms. The van der Waals surface area contributed by atoms with Gasteiger partial charge in [0.05, 0.1) is 0 Å². The van der Waals surface area contributed by atoms with Gasteiger partial charge in [-0.25, -0.2) is 0 Å². The molecule has 0 radical (unpaired) electrons. The summed E-state index contributed by atoms with van der Waals surface area (Å²) in [6, 6.07) is 9.43. The molecule has 4 rings (SSSR count). The van der Waals surface area contributed by atoms with Crippen molar-refractivity contribution in [3.63, 3.8) is 0 Å². The van der Waals surface area contributed by atoms with Gasteiger partial charge in [-0.2, -0.15) is 0 Å². The van der Waals surface area contributed by atoms with Gasteiger partial charge >= 0.3 is 0 Å². The highest BCUT2D eigenvalue weighted by molar-refractivity contribution is 5.25. The van der Waals surface area contributed by atoms with E-state index in [-0.39, 0.29) is 0 Å². The Morgan fingerprint density at radius 3 is 1.96 bits per heavy atom. The Morgan fingerprint density at radius 1 is 0.692 bits per heavy atom. The lowest BCUT2D eigenvalue weighted by Crippen LogP contribution is -2.34. The molecule has 144 valence electrons. The van der Waals surface area contributed by atoms with E-state index >= 15 is 0 Å². The molecule has 3 aliphatic carbocycles. The maximum absolute atomic E-state index is 2.40. The van der Waals surface area contributed by atoms with Crippen molar-refractivity contribution in [2.24, 2.45) is 29.6 Å². The highest BCUT2D eigenvalue weighted by Gasteiger charge is 2.38. The summed E-state index contributed by atoms with van der Waals surface area (Å²) in [4.78, 5) is 0. The third kappa shape index (κ3) is 4.20. The zero-order chi connectivity index (χ0) is 17.9. The molecular formula is C26H40. The average Bonchev–Trinajstić information content (AvgIpc) is 2.69. The van der Waals surface area contributed by atoms with E-state index in [4.69, 9.17) is 0 Å². The van der Waals surface area contributed by atoms with Crippen LogP contribution in [0, 0.1) is 36.5 Å². The van der Waals surface area contributed by atoms with Crippen LogP contribution >= 0.6 is 0 Å². The van der Waals surface area contributed by atoms with Gasteiger partial charge in [0.2, 0.25) is 0 Å². The second kappa shape index (κ2) is 8.49. The van der Waals surface area contributed by atoms with Crippen LogP contribution in [0.25, 0.3) is 0 Å². The van der Waals surface area contributed by atoms with E-state index in [0.717, 1.165) is 35.5 Å². The van der Waals surface area contributed by atoms with Gasteiger partial charge in [0, 0.05) is 0 Å². The van der Waals surface area contributed by atoms with E-state index in [1.807, 2.05) is 0 Å². The number of hydrogen-bond donors (Lipinski definition) is 0. The third-order valence-electron chi connectivity index (χ3n) is 8.46. The normalized spacial score (nSPS) is 37.9. The fourth-order valence-corrected chi connectivity index (χ4v) is 6.85. The van der Waals surface area contributed by atoms with E-state index in [1.165, 1.54) is 44.1 Å². The summed E-state index contributed by atoms with van der Waals surface area (Å²) in [5, 5.41) is 0. The molecule has 3 aliphatic rings. The predicted molar refractivity (Wildman–Crippen MR) is 112 cm³/mol. The lowest BCUT2D eigenvalue weighted by atomic mass is 9.60. The number of fused-ring (bicyclic) bond motifs is 1. The van der Waals surface area contributed by atoms with Crippen molar-refractivity contribution in [2.45, 2.75) is 96.8 Å². The zero-order valence-electron chi connectivity index (χ0n) is 17.3. The Bertz CT molecular complexity index is 548. The lowest BCUT2D eigenvalue weighted by Gasteiger charge is -2.45. The van der Waals surface area contributed by atoms with Crippen molar-refractivity contribution >= 4 is 0 Å². The number of hydrogen-bond acceptors (Lipinski definition) is 0. The van der Waals surface area contributed by atoms with Crippen LogP contribution in [-0.2, 0) is 0 Å². The Balaban J connectivity index is 1.29. The zero-order valence-corrected chi connectivity index (χ0v) is 17.3. The minimum absolute atomic E-state index is 0.845. The molecule has 0 nitrogen and oxygen atoms in total. The van der Waals surface area contributed by atoms with Gasteiger partial charge in [-0.1, -0.05) is 62.4 Å². The van der Waals surface area contributed by atoms with Gasteiger partial charge in [-0.05, 0) is 99.4 Å². The van der Waals surface area contributed by atoms with Crippen molar-refractivity contribution < 1.29 is 0 Å². The standard InChI is InChI=1S/C26H40/c1-3-4-20-7-11-22(12-8-20)24-14-16-25-17-23(13-15-26(25)18-24)21-9-5-19(2)6-10-21/h5-6,9-10,20,22-26H,3-4,7-8,11-18H2,1-2H3. The summed E-state index contributed by atoms with van der Waals surface area (Å²) < 4.78 is 0. The molecule has 0 heteroatoms. The summed E-state index contributed by atoms with van der Waals surface area (Å²) in [6.07, 6.45) is 18.2. The summed E-state index contributed by atoms with van der Waals surface area (Å²) >= 11 is 0. The molecule has 0 saturated heterocycles. The molecule has 1 aromatic carbocycles. The highest BCUT2D eigenvalue weighted by Crippen LogP contribution is 2.51. The molecular weight excluding hydrogens is 312 g/mol. The fraction of sp³-hybridized carbons (Fsp3) is 0.769. The van der Waals surface area contributed by atoms with Crippen LogP contribution in [-0.4, -0.2) is 0 Å². The predicted octanol–water partition coefficient (Wildman–Crippen LogP) is 7.90. The molecule has 0 aromatic heterocycles. The maximum Gasteiger partial charge on any atom is -0.0159 e. The second-order valence-electron chi connectivity index (χ2n) is 10.1. The Morgan fingerprint density at radius 2 is 1.27 bits per heavy atom. The van der Waals surface area contributed by atoms with Crippen molar-refractivity contribution in [3.05, 3.63) is 35.4 Å². The molecule has 26 heavy (non-hydrogen) atoms. The molecule has 0 N–H and O–H groups in total. The summed E-state index contributed by atoms with van der Waals surface area (Å²) in [6.45, 7) is 4.57. The molecule has 0 heterocycles. The van der Waals surface area contributed by atoms with Gasteiger partial charge in [-0.3, -0.25) is 0 Å². The van der Waals surface area contributed by atoms with Crippen molar-refractivity contribution in [3.8, 4) is 0 Å². The van der Waals surface area contributed by atoms with Crippen LogP contribution < -0.4 is 0 Å². The fourth-order valence-electron chi connectivity index (χ4n) is 6.85. The van der Waals surface area contributed by atoms with E-state index in [0.29, 0.717) is 0 Å². The van der Waals surface area contributed by atoms with E-state index in [1.54, 1.807) is 44.1 Å². The minimum atomic E-state index is 0.845. The Hall–Kier alpha value is -0.780. The molecule has 4 atom stereocenters. The average molecular weight is 353 g/mol. The lowest BCUT2D eigenvalue weighted by molar-refractivity contribution is 0.0712. The van der Waals surface area contributed by atoms with Gasteiger partial charge in [0.15, 0.2) is 0 Å². The third-order valence-corrected chi connectivity index (χ3v) is 8.46. The molecule has 3 saturated carbocycles. The Kier molecular flexibility index (Phi) is 6.07. The number of aryl methyl sites for hydroxylation is 1. The molecule has 4 unspecified atom stereocenters. The van der Waals surface area contributed by atoms with Crippen LogP contribution in [0.5, 0.6) is 0 Å². The molecule has 0 bridgehead atoms.